The number of hydrogen-bond acceptors (Lipinski definition) is 2. The number of carbonyl (C=O) groups excluding carboxylic acids is 1. The molecule has 0 heterocycles. The topological polar surface area (TPSA) is 65.5 Å². The van der Waals surface area contributed by atoms with Gasteiger partial charge in [0, 0.05) is 19.1 Å². The van der Waals surface area contributed by atoms with Crippen molar-refractivity contribution in [2.24, 2.45) is 4.99 Å². The first-order valence-corrected chi connectivity index (χ1v) is 6.07. The number of rotatable bonds is 6. The zero-order valence-electron chi connectivity index (χ0n) is 10.2. The Labute approximate surface area is 97.1 Å². The van der Waals surface area contributed by atoms with Crippen LogP contribution >= 0.6 is 0 Å². The summed E-state index contributed by atoms with van der Waals surface area (Å²) in [6, 6.07) is 0.411. The predicted octanol–water partition coefficient (Wildman–Crippen LogP) is 0.230. The van der Waals surface area contributed by atoms with Crippen molar-refractivity contribution in [2.75, 3.05) is 19.6 Å². The summed E-state index contributed by atoms with van der Waals surface area (Å²) >= 11 is 0. The molecule has 0 bridgehead atoms. The molecule has 5 heteroatoms. The van der Waals surface area contributed by atoms with E-state index in [9.17, 15) is 4.79 Å². The smallest absolute Gasteiger partial charge is 0.242 e. The Kier molecular flexibility index (Phi) is 5.67. The van der Waals surface area contributed by atoms with E-state index in [1.54, 1.807) is 0 Å². The van der Waals surface area contributed by atoms with Crippen LogP contribution in [0.5, 0.6) is 0 Å². The highest BCUT2D eigenvalue weighted by atomic mass is 16.2. The van der Waals surface area contributed by atoms with Gasteiger partial charge in [0.25, 0.3) is 0 Å². The fourth-order valence-electron chi connectivity index (χ4n) is 1.24. The van der Waals surface area contributed by atoms with Crippen molar-refractivity contribution >= 4 is 11.9 Å². The molecule has 0 aliphatic heterocycles. The maximum atomic E-state index is 11.4. The molecule has 16 heavy (non-hydrogen) atoms. The average Bonchev–Trinajstić information content (AvgIpc) is 3.06. The van der Waals surface area contributed by atoms with Crippen molar-refractivity contribution in [3.63, 3.8) is 0 Å². The third-order valence-electron chi connectivity index (χ3n) is 2.21. The van der Waals surface area contributed by atoms with Crippen molar-refractivity contribution < 1.29 is 4.79 Å². The molecule has 0 unspecified atom stereocenters. The van der Waals surface area contributed by atoms with Crippen molar-refractivity contribution in [3.05, 3.63) is 0 Å². The van der Waals surface area contributed by atoms with Crippen LogP contribution in [-0.4, -0.2) is 37.5 Å². The molecule has 1 fully saturated rings. The molecule has 0 saturated heterocycles. The normalized spacial score (nSPS) is 15.8. The minimum Gasteiger partial charge on any atom is -0.357 e. The summed E-state index contributed by atoms with van der Waals surface area (Å²) in [5, 5.41) is 9.16. The first-order chi connectivity index (χ1) is 7.76. The van der Waals surface area contributed by atoms with Crippen LogP contribution in [0, 0.1) is 0 Å². The van der Waals surface area contributed by atoms with Gasteiger partial charge in [-0.3, -0.25) is 4.79 Å². The molecule has 1 amide bonds. The van der Waals surface area contributed by atoms with Crippen LogP contribution in [0.25, 0.3) is 0 Å². The maximum Gasteiger partial charge on any atom is 0.242 e. The number of hydrogen-bond donors (Lipinski definition) is 3. The van der Waals surface area contributed by atoms with Gasteiger partial charge in [-0.15, -0.1) is 0 Å². The predicted molar refractivity (Wildman–Crippen MR) is 65.4 cm³/mol. The SMILES string of the molecule is CCCNC(=NCC(=O)NC1CC1)NCC. The van der Waals surface area contributed by atoms with Crippen LogP contribution in [0.15, 0.2) is 4.99 Å². The fraction of sp³-hybridized carbons (Fsp3) is 0.818. The average molecular weight is 226 g/mol. The van der Waals surface area contributed by atoms with Gasteiger partial charge >= 0.3 is 0 Å². The molecule has 0 radical (unpaired) electrons. The third-order valence-corrected chi connectivity index (χ3v) is 2.21. The second-order valence-electron chi connectivity index (χ2n) is 3.96. The molecule has 0 spiro atoms. The minimum absolute atomic E-state index is 0.0104. The van der Waals surface area contributed by atoms with E-state index in [1.165, 1.54) is 0 Å². The highest BCUT2D eigenvalue weighted by Crippen LogP contribution is 2.18. The van der Waals surface area contributed by atoms with Crippen LogP contribution < -0.4 is 16.0 Å². The minimum atomic E-state index is 0.0104. The summed E-state index contributed by atoms with van der Waals surface area (Å²) in [5.74, 6) is 0.728. The van der Waals surface area contributed by atoms with E-state index in [2.05, 4.69) is 27.9 Å². The quantitative estimate of drug-likeness (QED) is 0.449. The Bertz CT molecular complexity index is 248. The molecule has 0 aromatic heterocycles. The van der Waals surface area contributed by atoms with Gasteiger partial charge in [-0.25, -0.2) is 4.99 Å². The van der Waals surface area contributed by atoms with Crippen molar-refractivity contribution in [1.29, 1.82) is 0 Å². The van der Waals surface area contributed by atoms with Gasteiger partial charge in [-0.1, -0.05) is 6.92 Å². The van der Waals surface area contributed by atoms with E-state index in [-0.39, 0.29) is 12.5 Å². The van der Waals surface area contributed by atoms with E-state index < -0.39 is 0 Å². The molecule has 1 saturated carbocycles. The Balaban J connectivity index is 2.26. The molecule has 1 aliphatic carbocycles. The van der Waals surface area contributed by atoms with E-state index in [1.807, 2.05) is 6.92 Å². The molecule has 0 aromatic carbocycles. The van der Waals surface area contributed by atoms with Crippen molar-refractivity contribution in [3.8, 4) is 0 Å². The third kappa shape index (κ3) is 5.58. The Morgan fingerprint density at radius 2 is 2.06 bits per heavy atom. The van der Waals surface area contributed by atoms with Crippen LogP contribution in [0.1, 0.15) is 33.1 Å². The summed E-state index contributed by atoms with van der Waals surface area (Å²) < 4.78 is 0. The monoisotopic (exact) mass is 226 g/mol. The molecule has 0 aromatic rings. The molecular formula is C11H22N4O. The summed E-state index contributed by atoms with van der Waals surface area (Å²) in [7, 11) is 0. The number of amides is 1. The number of carbonyl (C=O) groups is 1. The van der Waals surface area contributed by atoms with Crippen molar-refractivity contribution in [1.82, 2.24) is 16.0 Å². The zero-order valence-corrected chi connectivity index (χ0v) is 10.2. The highest BCUT2D eigenvalue weighted by molar-refractivity contribution is 5.85. The fourth-order valence-corrected chi connectivity index (χ4v) is 1.24. The Morgan fingerprint density at radius 3 is 2.62 bits per heavy atom. The lowest BCUT2D eigenvalue weighted by molar-refractivity contribution is -0.119. The lowest BCUT2D eigenvalue weighted by atomic mass is 10.5. The lowest BCUT2D eigenvalue weighted by Crippen LogP contribution is -2.39. The summed E-state index contributed by atoms with van der Waals surface area (Å²) in [5.41, 5.74) is 0. The van der Waals surface area contributed by atoms with E-state index in [4.69, 9.17) is 0 Å². The van der Waals surface area contributed by atoms with Crippen LogP contribution in [0.3, 0.4) is 0 Å². The second-order valence-corrected chi connectivity index (χ2v) is 3.96. The highest BCUT2D eigenvalue weighted by Gasteiger charge is 2.22. The van der Waals surface area contributed by atoms with Gasteiger partial charge in [0.2, 0.25) is 5.91 Å². The first-order valence-electron chi connectivity index (χ1n) is 6.07. The summed E-state index contributed by atoms with van der Waals surface area (Å²) in [4.78, 5) is 15.6. The van der Waals surface area contributed by atoms with Crippen LogP contribution in [-0.2, 0) is 4.79 Å². The molecule has 5 nitrogen and oxygen atoms in total. The second kappa shape index (κ2) is 7.09. The summed E-state index contributed by atoms with van der Waals surface area (Å²) in [6.45, 7) is 5.98. The van der Waals surface area contributed by atoms with Crippen LogP contribution in [0.2, 0.25) is 0 Å². The van der Waals surface area contributed by atoms with E-state index in [0.29, 0.717) is 6.04 Å². The number of guanidine groups is 1. The molecular weight excluding hydrogens is 204 g/mol. The molecule has 92 valence electrons. The van der Waals surface area contributed by atoms with Crippen molar-refractivity contribution in [2.45, 2.75) is 39.2 Å². The largest absolute Gasteiger partial charge is 0.357 e. The Morgan fingerprint density at radius 1 is 1.31 bits per heavy atom. The first kappa shape index (κ1) is 12.8. The van der Waals surface area contributed by atoms with Gasteiger partial charge in [-0.05, 0) is 26.2 Å². The van der Waals surface area contributed by atoms with Gasteiger partial charge in [0.15, 0.2) is 5.96 Å². The summed E-state index contributed by atoms with van der Waals surface area (Å²) in [6.07, 6.45) is 3.27. The zero-order chi connectivity index (χ0) is 11.8. The number of nitrogens with zero attached hydrogens (tertiary/aromatic N) is 1. The lowest BCUT2D eigenvalue weighted by Gasteiger charge is -2.09. The van der Waals surface area contributed by atoms with Gasteiger partial charge < -0.3 is 16.0 Å². The van der Waals surface area contributed by atoms with E-state index >= 15 is 0 Å². The van der Waals surface area contributed by atoms with Gasteiger partial charge in [0.05, 0.1) is 0 Å². The molecule has 0 atom stereocenters. The Hall–Kier alpha value is -1.26. The molecule has 3 N–H and O–H groups in total. The maximum absolute atomic E-state index is 11.4. The standard InChI is InChI=1S/C11H22N4O/c1-3-7-13-11(12-4-2)14-8-10(16)15-9-5-6-9/h9H,3-8H2,1-2H3,(H,15,16)(H2,12,13,14). The number of nitrogens with one attached hydrogen (secondary N) is 3. The molecule has 1 aliphatic rings. The number of aliphatic imine (C=N–C) groups is 1. The molecule has 1 rings (SSSR count). The van der Waals surface area contributed by atoms with E-state index in [0.717, 1.165) is 38.3 Å². The van der Waals surface area contributed by atoms with Gasteiger partial charge in [0.1, 0.15) is 6.54 Å². The van der Waals surface area contributed by atoms with Crippen LogP contribution in [0.4, 0.5) is 0 Å². The van der Waals surface area contributed by atoms with Gasteiger partial charge in [-0.2, -0.15) is 0 Å².